The van der Waals surface area contributed by atoms with Crippen LogP contribution in [0.4, 0.5) is 5.69 Å². The molecule has 1 unspecified atom stereocenters. The number of nitrogens with zero attached hydrogens (tertiary/aromatic N) is 2. The number of hydrogen-bond acceptors (Lipinski definition) is 5. The van der Waals surface area contributed by atoms with Crippen LogP contribution in [0.3, 0.4) is 0 Å². The highest BCUT2D eigenvalue weighted by molar-refractivity contribution is 5.35. The van der Waals surface area contributed by atoms with E-state index in [0.29, 0.717) is 12.1 Å². The van der Waals surface area contributed by atoms with E-state index in [1.165, 1.54) is 23.8 Å². The molecule has 0 aromatic carbocycles. The van der Waals surface area contributed by atoms with Gasteiger partial charge >= 0.3 is 0 Å². The van der Waals surface area contributed by atoms with Gasteiger partial charge in [-0.2, -0.15) is 0 Å². The summed E-state index contributed by atoms with van der Waals surface area (Å²) in [5, 5.41) is 23.9. The van der Waals surface area contributed by atoms with Gasteiger partial charge in [-0.15, -0.1) is 0 Å². The number of nitro groups is 1. The first-order valence-corrected chi connectivity index (χ1v) is 6.39. The summed E-state index contributed by atoms with van der Waals surface area (Å²) in [4.78, 5) is 22.1. The van der Waals surface area contributed by atoms with Crippen molar-refractivity contribution >= 4 is 5.69 Å². The standard InChI is InChI=1S/C13H21N3O4/c1-9-5-12(18)15(8-11(9)16(19)20)7-10(17)6-14-13(2,3)4/h5,8,10,14,17H,6-7H2,1-4H3. The molecule has 0 amide bonds. The van der Waals surface area contributed by atoms with Crippen molar-refractivity contribution in [2.75, 3.05) is 6.54 Å². The topological polar surface area (TPSA) is 97.4 Å². The predicted octanol–water partition coefficient (Wildman–Crippen LogP) is 0.814. The number of hydrogen-bond donors (Lipinski definition) is 2. The molecule has 0 saturated heterocycles. The Kier molecular flexibility index (Phi) is 5.02. The molecule has 0 radical (unpaired) electrons. The van der Waals surface area contributed by atoms with Crippen molar-refractivity contribution in [3.8, 4) is 0 Å². The van der Waals surface area contributed by atoms with Crippen LogP contribution in [0.5, 0.6) is 0 Å². The molecule has 1 heterocycles. The number of aromatic nitrogens is 1. The summed E-state index contributed by atoms with van der Waals surface area (Å²) in [6, 6.07) is 1.21. The smallest absolute Gasteiger partial charge is 0.288 e. The Labute approximate surface area is 117 Å². The minimum atomic E-state index is -0.797. The number of nitrogens with one attached hydrogen (secondary N) is 1. The van der Waals surface area contributed by atoms with Gasteiger partial charge in [-0.1, -0.05) is 0 Å². The molecule has 1 aromatic rings. The molecule has 1 rings (SSSR count). The normalized spacial score (nSPS) is 13.2. The summed E-state index contributed by atoms with van der Waals surface area (Å²) in [5.41, 5.74) is -0.312. The Hall–Kier alpha value is -1.73. The fraction of sp³-hybridized carbons (Fsp3) is 0.615. The van der Waals surface area contributed by atoms with Crippen molar-refractivity contribution in [3.05, 3.63) is 38.3 Å². The first-order chi connectivity index (χ1) is 9.10. The lowest BCUT2D eigenvalue weighted by Crippen LogP contribution is -2.42. The molecule has 0 bridgehead atoms. The van der Waals surface area contributed by atoms with Crippen LogP contribution in [0.15, 0.2) is 17.1 Å². The van der Waals surface area contributed by atoms with E-state index in [1.807, 2.05) is 20.8 Å². The summed E-state index contributed by atoms with van der Waals surface area (Å²) in [6.07, 6.45) is 0.382. The molecule has 112 valence electrons. The van der Waals surface area contributed by atoms with E-state index in [1.54, 1.807) is 0 Å². The first-order valence-electron chi connectivity index (χ1n) is 6.39. The lowest BCUT2D eigenvalue weighted by Gasteiger charge is -2.23. The summed E-state index contributed by atoms with van der Waals surface area (Å²) in [7, 11) is 0. The summed E-state index contributed by atoms with van der Waals surface area (Å²) < 4.78 is 1.17. The lowest BCUT2D eigenvalue weighted by molar-refractivity contribution is -0.386. The molecular weight excluding hydrogens is 262 g/mol. The molecule has 0 aliphatic heterocycles. The minimum Gasteiger partial charge on any atom is -0.390 e. The number of pyridine rings is 1. The van der Waals surface area contributed by atoms with Crippen LogP contribution in [0.2, 0.25) is 0 Å². The van der Waals surface area contributed by atoms with E-state index in [2.05, 4.69) is 5.32 Å². The molecule has 2 N–H and O–H groups in total. The Bertz CT molecular complexity index is 546. The highest BCUT2D eigenvalue weighted by atomic mass is 16.6. The van der Waals surface area contributed by atoms with Gasteiger partial charge in [0.2, 0.25) is 0 Å². The Balaban J connectivity index is 2.84. The van der Waals surface area contributed by atoms with Crippen LogP contribution in [-0.2, 0) is 6.54 Å². The third-order valence-electron chi connectivity index (χ3n) is 2.78. The van der Waals surface area contributed by atoms with Crippen molar-refractivity contribution in [3.63, 3.8) is 0 Å². The fourth-order valence-corrected chi connectivity index (χ4v) is 1.70. The van der Waals surface area contributed by atoms with Crippen LogP contribution in [0, 0.1) is 17.0 Å². The molecule has 1 atom stereocenters. The van der Waals surface area contributed by atoms with Gasteiger partial charge in [0.15, 0.2) is 0 Å². The van der Waals surface area contributed by atoms with Gasteiger partial charge in [-0.05, 0) is 27.7 Å². The molecule has 0 aliphatic carbocycles. The zero-order valence-electron chi connectivity index (χ0n) is 12.2. The molecule has 20 heavy (non-hydrogen) atoms. The maximum Gasteiger partial charge on any atom is 0.288 e. The first kappa shape index (κ1) is 16.3. The quantitative estimate of drug-likeness (QED) is 0.615. The van der Waals surface area contributed by atoms with Gasteiger partial charge in [0, 0.05) is 23.7 Å². The molecule has 0 saturated carbocycles. The fourth-order valence-electron chi connectivity index (χ4n) is 1.70. The van der Waals surface area contributed by atoms with Gasteiger partial charge in [-0.25, -0.2) is 0 Å². The van der Waals surface area contributed by atoms with Gasteiger partial charge in [0.05, 0.1) is 23.8 Å². The van der Waals surface area contributed by atoms with E-state index in [0.717, 1.165) is 0 Å². The molecule has 7 heteroatoms. The van der Waals surface area contributed by atoms with Crippen molar-refractivity contribution in [1.29, 1.82) is 0 Å². The van der Waals surface area contributed by atoms with Crippen molar-refractivity contribution in [2.45, 2.75) is 45.9 Å². The highest BCUT2D eigenvalue weighted by Gasteiger charge is 2.16. The second-order valence-electron chi connectivity index (χ2n) is 5.87. The highest BCUT2D eigenvalue weighted by Crippen LogP contribution is 2.14. The van der Waals surface area contributed by atoms with E-state index in [4.69, 9.17) is 0 Å². The second-order valence-corrected chi connectivity index (χ2v) is 5.87. The van der Waals surface area contributed by atoms with E-state index < -0.39 is 11.0 Å². The molecule has 0 spiro atoms. The van der Waals surface area contributed by atoms with Crippen LogP contribution in [0.25, 0.3) is 0 Å². The van der Waals surface area contributed by atoms with Crippen LogP contribution < -0.4 is 10.9 Å². The number of aryl methyl sites for hydroxylation is 1. The molecule has 1 aromatic heterocycles. The van der Waals surface area contributed by atoms with Gasteiger partial charge in [0.1, 0.15) is 0 Å². The maximum absolute atomic E-state index is 11.8. The maximum atomic E-state index is 11.8. The molecule has 0 aliphatic rings. The average molecular weight is 283 g/mol. The third-order valence-corrected chi connectivity index (χ3v) is 2.78. The average Bonchev–Trinajstić information content (AvgIpc) is 2.28. The van der Waals surface area contributed by atoms with E-state index in [-0.39, 0.29) is 23.3 Å². The zero-order valence-corrected chi connectivity index (χ0v) is 12.2. The van der Waals surface area contributed by atoms with Crippen LogP contribution >= 0.6 is 0 Å². The molecule has 0 fully saturated rings. The number of aliphatic hydroxyl groups is 1. The predicted molar refractivity (Wildman–Crippen MR) is 75.9 cm³/mol. The monoisotopic (exact) mass is 283 g/mol. The molecular formula is C13H21N3O4. The molecule has 7 nitrogen and oxygen atoms in total. The van der Waals surface area contributed by atoms with Gasteiger partial charge < -0.3 is 15.0 Å². The van der Waals surface area contributed by atoms with Crippen molar-refractivity contribution in [1.82, 2.24) is 9.88 Å². The number of β-amino-alcohol motifs (C(OH)–C–C–N with tert-alkyl or cyclic N) is 1. The van der Waals surface area contributed by atoms with Crippen molar-refractivity contribution in [2.24, 2.45) is 0 Å². The Morgan fingerprint density at radius 3 is 2.60 bits per heavy atom. The third kappa shape index (κ3) is 4.75. The number of rotatable bonds is 5. The summed E-state index contributed by atoms with van der Waals surface area (Å²) in [5.74, 6) is 0. The van der Waals surface area contributed by atoms with Gasteiger partial charge in [0.25, 0.3) is 11.2 Å². The zero-order chi connectivity index (χ0) is 15.5. The largest absolute Gasteiger partial charge is 0.390 e. The van der Waals surface area contributed by atoms with E-state index >= 15 is 0 Å². The summed E-state index contributed by atoms with van der Waals surface area (Å²) in [6.45, 7) is 7.72. The van der Waals surface area contributed by atoms with Gasteiger partial charge in [-0.3, -0.25) is 14.9 Å². The van der Waals surface area contributed by atoms with Crippen LogP contribution in [0.1, 0.15) is 26.3 Å². The SMILES string of the molecule is Cc1cc(=O)n(CC(O)CNC(C)(C)C)cc1[N+](=O)[O-]. The Morgan fingerprint density at radius 2 is 2.10 bits per heavy atom. The second kappa shape index (κ2) is 6.15. The van der Waals surface area contributed by atoms with Crippen molar-refractivity contribution < 1.29 is 10.0 Å². The van der Waals surface area contributed by atoms with E-state index in [9.17, 15) is 20.0 Å². The minimum absolute atomic E-state index is 0.0169. The Morgan fingerprint density at radius 1 is 1.50 bits per heavy atom. The summed E-state index contributed by atoms with van der Waals surface area (Å²) >= 11 is 0. The van der Waals surface area contributed by atoms with Crippen LogP contribution in [-0.4, -0.2) is 32.8 Å². The number of aliphatic hydroxyl groups excluding tert-OH is 1. The lowest BCUT2D eigenvalue weighted by atomic mass is 10.1.